The van der Waals surface area contributed by atoms with Crippen molar-refractivity contribution in [2.75, 3.05) is 18.0 Å². The quantitative estimate of drug-likeness (QED) is 0.903. The molecule has 1 aliphatic rings. The molecule has 1 aliphatic heterocycles. The van der Waals surface area contributed by atoms with Crippen LogP contribution >= 0.6 is 0 Å². The van der Waals surface area contributed by atoms with E-state index in [1.807, 2.05) is 10.8 Å². The number of nitrogens with zero attached hydrogens (tertiary/aromatic N) is 3. The second kappa shape index (κ2) is 6.82. The zero-order valence-corrected chi connectivity index (χ0v) is 13.4. The summed E-state index contributed by atoms with van der Waals surface area (Å²) in [6.07, 6.45) is 5.32. The highest BCUT2D eigenvalue weighted by atomic mass is 19.1. The number of halogens is 1. The van der Waals surface area contributed by atoms with Crippen molar-refractivity contribution < 1.29 is 14.0 Å². The number of nitrogens with one attached hydrogen (secondary N) is 1. The summed E-state index contributed by atoms with van der Waals surface area (Å²) in [6, 6.07) is 4.68. The molecule has 0 aliphatic carbocycles. The Balaban J connectivity index is 1.57. The molecule has 1 atom stereocenters. The average Bonchev–Trinajstić information content (AvgIpc) is 3.20. The van der Waals surface area contributed by atoms with Gasteiger partial charge in [-0.3, -0.25) is 9.59 Å². The van der Waals surface area contributed by atoms with Crippen LogP contribution in [0.5, 0.6) is 0 Å². The number of carbonyl (C=O) groups is 2. The van der Waals surface area contributed by atoms with Gasteiger partial charge in [0.1, 0.15) is 5.82 Å². The Labute approximate surface area is 139 Å². The smallest absolute Gasteiger partial charge is 0.227 e. The monoisotopic (exact) mass is 330 g/mol. The maximum atomic E-state index is 13.7. The Morgan fingerprint density at radius 2 is 2.29 bits per heavy atom. The van der Waals surface area contributed by atoms with Gasteiger partial charge in [-0.05, 0) is 24.6 Å². The van der Waals surface area contributed by atoms with Crippen LogP contribution in [0, 0.1) is 18.7 Å². The third-order valence-electron chi connectivity index (χ3n) is 4.19. The van der Waals surface area contributed by atoms with Gasteiger partial charge in [0.25, 0.3) is 0 Å². The molecule has 2 amide bonds. The first-order valence-corrected chi connectivity index (χ1v) is 7.84. The molecular formula is C17H19FN4O2. The largest absolute Gasteiger partial charge is 0.354 e. The molecule has 3 rings (SSSR count). The highest BCUT2D eigenvalue weighted by molar-refractivity contribution is 6.00. The van der Waals surface area contributed by atoms with E-state index >= 15 is 0 Å². The second-order valence-corrected chi connectivity index (χ2v) is 5.93. The first-order chi connectivity index (χ1) is 11.5. The fourth-order valence-corrected chi connectivity index (χ4v) is 2.75. The fraction of sp³-hybridized carbons (Fsp3) is 0.353. The van der Waals surface area contributed by atoms with Gasteiger partial charge in [0.15, 0.2) is 0 Å². The molecule has 126 valence electrons. The van der Waals surface area contributed by atoms with Gasteiger partial charge in [-0.15, -0.1) is 0 Å². The van der Waals surface area contributed by atoms with Gasteiger partial charge in [-0.2, -0.15) is 0 Å². The standard InChI is InChI=1S/C17H19FN4O2/c1-12-2-3-14(9-15(12)18)22-10-13(8-16(22)23)17(24)20-5-7-21-6-4-19-11-21/h2-4,6,9,11,13H,5,7-8,10H2,1H3,(H,20,24). The first kappa shape index (κ1) is 16.2. The molecule has 1 fully saturated rings. The summed E-state index contributed by atoms with van der Waals surface area (Å²) in [5.41, 5.74) is 1.02. The van der Waals surface area contributed by atoms with Crippen molar-refractivity contribution in [1.29, 1.82) is 0 Å². The SMILES string of the molecule is Cc1ccc(N2CC(C(=O)NCCn3ccnc3)CC2=O)cc1F. The molecule has 24 heavy (non-hydrogen) atoms. The fourth-order valence-electron chi connectivity index (χ4n) is 2.75. The lowest BCUT2D eigenvalue weighted by Gasteiger charge is -2.17. The van der Waals surface area contributed by atoms with Crippen molar-refractivity contribution in [2.45, 2.75) is 19.9 Å². The van der Waals surface area contributed by atoms with Gasteiger partial charge in [0, 0.05) is 44.1 Å². The molecule has 0 bridgehead atoms. The van der Waals surface area contributed by atoms with Crippen molar-refractivity contribution in [3.05, 3.63) is 48.3 Å². The van der Waals surface area contributed by atoms with Gasteiger partial charge in [0.2, 0.25) is 11.8 Å². The lowest BCUT2D eigenvalue weighted by atomic mass is 10.1. The Hall–Kier alpha value is -2.70. The Bertz CT molecular complexity index is 745. The molecule has 2 aromatic rings. The van der Waals surface area contributed by atoms with Crippen LogP contribution in [-0.4, -0.2) is 34.5 Å². The van der Waals surface area contributed by atoms with E-state index in [1.54, 1.807) is 31.6 Å². The van der Waals surface area contributed by atoms with Crippen LogP contribution in [0.2, 0.25) is 0 Å². The van der Waals surface area contributed by atoms with Gasteiger partial charge in [-0.1, -0.05) is 6.07 Å². The van der Waals surface area contributed by atoms with E-state index in [0.29, 0.717) is 24.3 Å². The molecule has 1 aromatic carbocycles. The predicted molar refractivity (Wildman–Crippen MR) is 86.8 cm³/mol. The summed E-state index contributed by atoms with van der Waals surface area (Å²) in [5.74, 6) is -1.08. The number of rotatable bonds is 5. The van der Waals surface area contributed by atoms with E-state index in [2.05, 4.69) is 10.3 Å². The molecule has 0 saturated carbocycles. The van der Waals surface area contributed by atoms with Crippen LogP contribution in [0.15, 0.2) is 36.9 Å². The first-order valence-electron chi connectivity index (χ1n) is 7.84. The lowest BCUT2D eigenvalue weighted by Crippen LogP contribution is -2.34. The lowest BCUT2D eigenvalue weighted by molar-refractivity contribution is -0.126. The highest BCUT2D eigenvalue weighted by Crippen LogP contribution is 2.26. The number of anilines is 1. The minimum absolute atomic E-state index is 0.145. The number of imidazole rings is 1. The van der Waals surface area contributed by atoms with E-state index in [9.17, 15) is 14.0 Å². The Morgan fingerprint density at radius 1 is 1.46 bits per heavy atom. The maximum absolute atomic E-state index is 13.7. The molecule has 2 heterocycles. The summed E-state index contributed by atoms with van der Waals surface area (Å²) < 4.78 is 15.6. The summed E-state index contributed by atoms with van der Waals surface area (Å²) >= 11 is 0. The van der Waals surface area contributed by atoms with Gasteiger partial charge in [0.05, 0.1) is 12.2 Å². The summed E-state index contributed by atoms with van der Waals surface area (Å²) in [5, 5.41) is 2.84. The van der Waals surface area contributed by atoms with Crippen molar-refractivity contribution in [3.63, 3.8) is 0 Å². The van der Waals surface area contributed by atoms with E-state index < -0.39 is 5.92 Å². The predicted octanol–water partition coefficient (Wildman–Crippen LogP) is 1.50. The molecular weight excluding hydrogens is 311 g/mol. The number of amides is 2. The number of aryl methyl sites for hydroxylation is 1. The number of benzene rings is 1. The normalized spacial score (nSPS) is 17.3. The average molecular weight is 330 g/mol. The van der Waals surface area contributed by atoms with Crippen molar-refractivity contribution in [2.24, 2.45) is 5.92 Å². The Kier molecular flexibility index (Phi) is 4.59. The molecule has 1 aromatic heterocycles. The second-order valence-electron chi connectivity index (χ2n) is 5.93. The zero-order chi connectivity index (χ0) is 17.1. The molecule has 0 radical (unpaired) electrons. The van der Waals surface area contributed by atoms with Gasteiger partial charge in [-0.25, -0.2) is 9.37 Å². The zero-order valence-electron chi connectivity index (χ0n) is 13.4. The van der Waals surface area contributed by atoms with Crippen LogP contribution in [0.1, 0.15) is 12.0 Å². The van der Waals surface area contributed by atoms with Crippen LogP contribution in [0.25, 0.3) is 0 Å². The van der Waals surface area contributed by atoms with E-state index in [-0.39, 0.29) is 30.6 Å². The van der Waals surface area contributed by atoms with Crippen LogP contribution in [0.4, 0.5) is 10.1 Å². The molecule has 1 N–H and O–H groups in total. The van der Waals surface area contributed by atoms with Crippen LogP contribution in [0.3, 0.4) is 0 Å². The highest BCUT2D eigenvalue weighted by Gasteiger charge is 2.35. The van der Waals surface area contributed by atoms with E-state index in [0.717, 1.165) is 0 Å². The van der Waals surface area contributed by atoms with E-state index in [1.165, 1.54) is 11.0 Å². The van der Waals surface area contributed by atoms with Crippen molar-refractivity contribution in [3.8, 4) is 0 Å². The Morgan fingerprint density at radius 3 is 3.00 bits per heavy atom. The third-order valence-corrected chi connectivity index (χ3v) is 4.19. The molecule has 6 nitrogen and oxygen atoms in total. The number of hydrogen-bond donors (Lipinski definition) is 1. The third kappa shape index (κ3) is 3.45. The summed E-state index contributed by atoms with van der Waals surface area (Å²) in [7, 11) is 0. The van der Waals surface area contributed by atoms with Gasteiger partial charge < -0.3 is 14.8 Å². The number of carbonyl (C=O) groups excluding carboxylic acids is 2. The van der Waals surface area contributed by atoms with Crippen LogP contribution < -0.4 is 10.2 Å². The topological polar surface area (TPSA) is 67.2 Å². The molecule has 0 spiro atoms. The molecule has 1 saturated heterocycles. The number of hydrogen-bond acceptors (Lipinski definition) is 3. The van der Waals surface area contributed by atoms with Gasteiger partial charge >= 0.3 is 0 Å². The van der Waals surface area contributed by atoms with Crippen molar-refractivity contribution >= 4 is 17.5 Å². The van der Waals surface area contributed by atoms with Crippen molar-refractivity contribution in [1.82, 2.24) is 14.9 Å². The maximum Gasteiger partial charge on any atom is 0.227 e. The minimum Gasteiger partial charge on any atom is -0.354 e. The minimum atomic E-state index is -0.412. The van der Waals surface area contributed by atoms with E-state index in [4.69, 9.17) is 0 Å². The van der Waals surface area contributed by atoms with Crippen LogP contribution in [-0.2, 0) is 16.1 Å². The number of aromatic nitrogens is 2. The summed E-state index contributed by atoms with van der Waals surface area (Å²) in [4.78, 5) is 29.8. The molecule has 7 heteroatoms. The summed E-state index contributed by atoms with van der Waals surface area (Å²) in [6.45, 7) is 3.04. The molecule has 1 unspecified atom stereocenters.